The van der Waals surface area contributed by atoms with Crippen LogP contribution >= 0.6 is 0 Å². The van der Waals surface area contributed by atoms with Crippen molar-refractivity contribution in [2.45, 2.75) is 38.2 Å². The van der Waals surface area contributed by atoms with Crippen LogP contribution in [0, 0.1) is 0 Å². The fraction of sp³-hybridized carbons (Fsp3) is 0.448. The molecule has 1 aliphatic heterocycles. The molecule has 0 spiro atoms. The normalized spacial score (nSPS) is 14.4. The van der Waals surface area contributed by atoms with E-state index in [0.29, 0.717) is 49.2 Å². The van der Waals surface area contributed by atoms with Crippen molar-refractivity contribution >= 4 is 22.7 Å². The molecule has 9 nitrogen and oxygen atoms in total. The Morgan fingerprint density at radius 1 is 1.10 bits per heavy atom. The summed E-state index contributed by atoms with van der Waals surface area (Å²) < 4.78 is 56.2. The molecule has 0 aliphatic carbocycles. The lowest BCUT2D eigenvalue weighted by atomic mass is 9.87. The number of piperidine rings is 1. The molecule has 0 bridgehead atoms. The van der Waals surface area contributed by atoms with Crippen LogP contribution in [0.2, 0.25) is 0 Å². The summed E-state index contributed by atoms with van der Waals surface area (Å²) in [4.78, 5) is 28.9. The molecule has 2 N–H and O–H groups in total. The number of benzene rings is 2. The summed E-state index contributed by atoms with van der Waals surface area (Å²) >= 11 is 0. The van der Waals surface area contributed by atoms with Crippen molar-refractivity contribution in [2.24, 2.45) is 5.73 Å². The van der Waals surface area contributed by atoms with Crippen molar-refractivity contribution < 1.29 is 37.0 Å². The Morgan fingerprint density at radius 3 is 2.46 bits per heavy atom. The highest BCUT2D eigenvalue weighted by Crippen LogP contribution is 2.37. The molecule has 0 saturated carbocycles. The van der Waals surface area contributed by atoms with Crippen molar-refractivity contribution in [3.05, 3.63) is 59.3 Å². The molecule has 3 aromatic rings. The van der Waals surface area contributed by atoms with Gasteiger partial charge in [-0.05, 0) is 42.0 Å². The maximum Gasteiger partial charge on any atom is 0.573 e. The van der Waals surface area contributed by atoms with Crippen LogP contribution in [0.1, 0.15) is 40.2 Å². The van der Waals surface area contributed by atoms with Crippen molar-refractivity contribution in [1.29, 1.82) is 0 Å². The van der Waals surface area contributed by atoms with Crippen molar-refractivity contribution in [3.63, 3.8) is 0 Å². The Kier molecular flexibility index (Phi) is 9.44. The first-order valence-electron chi connectivity index (χ1n) is 13.3. The summed E-state index contributed by atoms with van der Waals surface area (Å²) in [5.74, 6) is -0.111. The van der Waals surface area contributed by atoms with Crippen molar-refractivity contribution in [2.75, 3.05) is 47.5 Å². The summed E-state index contributed by atoms with van der Waals surface area (Å²) in [5.41, 5.74) is 8.24. The predicted molar refractivity (Wildman–Crippen MR) is 147 cm³/mol. The van der Waals surface area contributed by atoms with Crippen LogP contribution in [0.4, 0.5) is 13.2 Å². The number of nitrogens with zero attached hydrogens (tertiary/aromatic N) is 3. The molecular formula is C29H35F3N4O5. The molecule has 222 valence electrons. The van der Waals surface area contributed by atoms with E-state index in [-0.39, 0.29) is 48.8 Å². The van der Waals surface area contributed by atoms with Gasteiger partial charge >= 0.3 is 6.36 Å². The van der Waals surface area contributed by atoms with Crippen LogP contribution in [0.5, 0.6) is 11.5 Å². The molecule has 0 unspecified atom stereocenters. The van der Waals surface area contributed by atoms with E-state index in [9.17, 15) is 22.8 Å². The van der Waals surface area contributed by atoms with Gasteiger partial charge in [-0.1, -0.05) is 24.3 Å². The number of hydrogen-bond acceptors (Lipinski definition) is 6. The lowest BCUT2D eigenvalue weighted by Crippen LogP contribution is -2.38. The Bertz CT molecular complexity index is 1380. The minimum Gasteiger partial charge on any atom is -0.483 e. The number of hydrogen-bond donors (Lipinski definition) is 1. The number of likely N-dealkylation sites (tertiary alicyclic amines) is 1. The molecule has 0 radical (unpaired) electrons. The molecule has 2 amide bonds. The third kappa shape index (κ3) is 7.12. The minimum atomic E-state index is -4.87. The second-order valence-electron chi connectivity index (χ2n) is 10.1. The molecule has 1 aromatic heterocycles. The van der Waals surface area contributed by atoms with Gasteiger partial charge in [0.05, 0.1) is 17.7 Å². The first kappa shape index (κ1) is 30.2. The Labute approximate surface area is 236 Å². The maximum atomic E-state index is 13.7. The van der Waals surface area contributed by atoms with Crippen LogP contribution in [-0.4, -0.2) is 80.1 Å². The summed E-state index contributed by atoms with van der Waals surface area (Å²) in [5, 5.41) is 0.381. The number of methoxy groups -OCH3 is 1. The fourth-order valence-electron chi connectivity index (χ4n) is 5.08. The highest BCUT2D eigenvalue weighted by atomic mass is 19.4. The van der Waals surface area contributed by atoms with Gasteiger partial charge in [-0.15, -0.1) is 13.2 Å². The SMILES string of the molecule is COCCn1cc(C(=O)N2CCC(c3cc(CN)ccc3OCC(=O)N(C)C)CC2)c2cccc(OC(F)(F)F)c21. The van der Waals surface area contributed by atoms with E-state index in [0.717, 1.165) is 11.1 Å². The number of amides is 2. The maximum absolute atomic E-state index is 13.7. The van der Waals surface area contributed by atoms with E-state index in [1.807, 2.05) is 18.2 Å². The summed E-state index contributed by atoms with van der Waals surface area (Å²) in [7, 11) is 4.82. The lowest BCUT2D eigenvalue weighted by molar-refractivity contribution is -0.274. The minimum absolute atomic E-state index is 0.0739. The van der Waals surface area contributed by atoms with Crippen LogP contribution < -0.4 is 15.2 Å². The smallest absolute Gasteiger partial charge is 0.483 e. The van der Waals surface area contributed by atoms with Gasteiger partial charge in [0.25, 0.3) is 11.8 Å². The first-order valence-corrected chi connectivity index (χ1v) is 13.3. The third-order valence-electron chi connectivity index (χ3n) is 7.24. The Balaban J connectivity index is 1.55. The lowest BCUT2D eigenvalue weighted by Gasteiger charge is -2.33. The van der Waals surface area contributed by atoms with Gasteiger partial charge in [0, 0.05) is 59.0 Å². The number of carbonyl (C=O) groups excluding carboxylic acids is 2. The predicted octanol–water partition coefficient (Wildman–Crippen LogP) is 4.13. The zero-order chi connectivity index (χ0) is 29.7. The average molecular weight is 577 g/mol. The highest BCUT2D eigenvalue weighted by molar-refractivity contribution is 6.08. The Morgan fingerprint density at radius 2 is 1.83 bits per heavy atom. The van der Waals surface area contributed by atoms with Crippen LogP contribution in [0.3, 0.4) is 0 Å². The first-order chi connectivity index (χ1) is 19.5. The van der Waals surface area contributed by atoms with Crippen LogP contribution in [0.25, 0.3) is 10.9 Å². The van der Waals surface area contributed by atoms with Gasteiger partial charge in [0.2, 0.25) is 0 Å². The number of rotatable bonds is 10. The zero-order valence-corrected chi connectivity index (χ0v) is 23.4. The summed E-state index contributed by atoms with van der Waals surface area (Å²) in [6.07, 6.45) is -2.02. The van der Waals surface area contributed by atoms with Gasteiger partial charge in [-0.25, -0.2) is 0 Å². The van der Waals surface area contributed by atoms with Crippen LogP contribution in [-0.2, 0) is 22.6 Å². The van der Waals surface area contributed by atoms with Crippen molar-refractivity contribution in [3.8, 4) is 11.5 Å². The Hall–Kier alpha value is -3.77. The highest BCUT2D eigenvalue weighted by Gasteiger charge is 2.34. The van der Waals surface area contributed by atoms with E-state index >= 15 is 0 Å². The van der Waals surface area contributed by atoms with Gasteiger partial charge < -0.3 is 34.3 Å². The summed E-state index contributed by atoms with van der Waals surface area (Å²) in [6.45, 7) is 1.64. The number of ether oxygens (including phenoxy) is 3. The number of alkyl halides is 3. The molecule has 1 aliphatic rings. The van der Waals surface area contributed by atoms with Gasteiger partial charge in [-0.3, -0.25) is 9.59 Å². The van der Waals surface area contributed by atoms with Crippen LogP contribution in [0.15, 0.2) is 42.6 Å². The number of likely N-dealkylation sites (N-methyl/N-ethyl adjacent to an activating group) is 1. The second-order valence-corrected chi connectivity index (χ2v) is 10.1. The quantitative estimate of drug-likeness (QED) is 0.390. The molecule has 0 atom stereocenters. The topological polar surface area (TPSA) is 99.3 Å². The van der Waals surface area contributed by atoms with Gasteiger partial charge in [0.15, 0.2) is 12.4 Å². The molecular weight excluding hydrogens is 541 g/mol. The van der Waals surface area contributed by atoms with E-state index < -0.39 is 6.36 Å². The van der Waals surface area contributed by atoms with Crippen molar-refractivity contribution in [1.82, 2.24) is 14.4 Å². The number of nitrogens with two attached hydrogens (primary N) is 1. The molecule has 1 fully saturated rings. The number of halogens is 3. The van der Waals surface area contributed by atoms with E-state index in [1.165, 1.54) is 24.1 Å². The van der Waals surface area contributed by atoms with E-state index in [2.05, 4.69) is 4.74 Å². The monoisotopic (exact) mass is 576 g/mol. The van der Waals surface area contributed by atoms with E-state index in [4.69, 9.17) is 15.2 Å². The largest absolute Gasteiger partial charge is 0.573 e. The third-order valence-corrected chi connectivity index (χ3v) is 7.24. The number of para-hydroxylation sites is 1. The molecule has 4 rings (SSSR count). The zero-order valence-electron chi connectivity index (χ0n) is 23.4. The second kappa shape index (κ2) is 12.8. The summed E-state index contributed by atoms with van der Waals surface area (Å²) in [6, 6.07) is 9.99. The average Bonchev–Trinajstić information content (AvgIpc) is 3.33. The molecule has 41 heavy (non-hydrogen) atoms. The molecule has 1 saturated heterocycles. The van der Waals surface area contributed by atoms with E-state index in [1.54, 1.807) is 35.8 Å². The fourth-order valence-corrected chi connectivity index (χ4v) is 5.08. The number of aromatic nitrogens is 1. The number of fused-ring (bicyclic) bond motifs is 1. The molecule has 12 heteroatoms. The standard InChI is InChI=1S/C29H35F3N4O5/c1-34(2)26(37)18-40-24-8-7-19(16-33)15-22(24)20-9-11-35(12-10-20)28(38)23-17-36(13-14-39-3)27-21(23)5-4-6-25(27)41-29(30,31)32/h4-8,15,17,20H,9-14,16,18,33H2,1-3H3. The number of carbonyl (C=O) groups is 2. The molecule has 2 heterocycles. The van der Waals surface area contributed by atoms with Gasteiger partial charge in [0.1, 0.15) is 5.75 Å². The molecule has 2 aromatic carbocycles. The van der Waals surface area contributed by atoms with Gasteiger partial charge in [-0.2, -0.15) is 0 Å².